The van der Waals surface area contributed by atoms with Gasteiger partial charge in [-0.25, -0.2) is 4.98 Å². The van der Waals surface area contributed by atoms with Crippen molar-refractivity contribution < 1.29 is 4.79 Å². The molecular formula is C14H24N4O. The van der Waals surface area contributed by atoms with Crippen molar-refractivity contribution in [2.75, 3.05) is 20.6 Å². The number of carbonyl (C=O) groups is 1. The summed E-state index contributed by atoms with van der Waals surface area (Å²) in [5, 5.41) is 0. The van der Waals surface area contributed by atoms with Crippen molar-refractivity contribution in [3.05, 3.63) is 17.7 Å². The lowest BCUT2D eigenvalue weighted by atomic mass is 10.1. The number of amides is 1. The summed E-state index contributed by atoms with van der Waals surface area (Å²) < 4.78 is 0. The van der Waals surface area contributed by atoms with Crippen molar-refractivity contribution in [1.82, 2.24) is 19.8 Å². The number of imidazole rings is 1. The Bertz CT molecular complexity index is 429. The van der Waals surface area contributed by atoms with Gasteiger partial charge in [0, 0.05) is 18.9 Å². The van der Waals surface area contributed by atoms with Gasteiger partial charge in [0.25, 0.3) is 0 Å². The molecule has 106 valence electrons. The number of carbonyl (C=O) groups excluding carboxylic acids is 1. The Morgan fingerprint density at radius 1 is 1.53 bits per heavy atom. The molecule has 1 aliphatic heterocycles. The molecule has 1 fully saturated rings. The highest BCUT2D eigenvalue weighted by molar-refractivity contribution is 5.81. The summed E-state index contributed by atoms with van der Waals surface area (Å²) in [5.41, 5.74) is 1.03. The Labute approximate surface area is 115 Å². The molecule has 0 spiro atoms. The van der Waals surface area contributed by atoms with E-state index in [0.29, 0.717) is 6.54 Å². The minimum Gasteiger partial charge on any atom is -0.345 e. The quantitative estimate of drug-likeness (QED) is 0.901. The second kappa shape index (κ2) is 6.19. The molecule has 0 aliphatic carbocycles. The standard InChI is InChI=1S/C14H24N4O/c1-11-9-15-13(16-11)10-18(3)14(19)12-7-5-4-6-8-17(12)2/h9,12H,4-8,10H2,1-3H3,(H,15,16)/t12-/m0/s1. The fourth-order valence-electron chi connectivity index (χ4n) is 2.67. The topological polar surface area (TPSA) is 52.2 Å². The molecule has 1 aliphatic rings. The average Bonchev–Trinajstić information content (AvgIpc) is 2.66. The number of nitrogens with one attached hydrogen (secondary N) is 1. The highest BCUT2D eigenvalue weighted by Crippen LogP contribution is 2.17. The summed E-state index contributed by atoms with van der Waals surface area (Å²) in [6.07, 6.45) is 6.34. The number of nitrogens with zero attached hydrogens (tertiary/aromatic N) is 3. The molecule has 19 heavy (non-hydrogen) atoms. The third kappa shape index (κ3) is 3.56. The first kappa shape index (κ1) is 14.1. The highest BCUT2D eigenvalue weighted by Gasteiger charge is 2.27. The summed E-state index contributed by atoms with van der Waals surface area (Å²) in [6.45, 7) is 3.54. The van der Waals surface area contributed by atoms with Gasteiger partial charge in [-0.3, -0.25) is 9.69 Å². The molecule has 0 saturated carbocycles. The fourth-order valence-corrected chi connectivity index (χ4v) is 2.67. The van der Waals surface area contributed by atoms with E-state index in [9.17, 15) is 4.79 Å². The smallest absolute Gasteiger partial charge is 0.240 e. The number of hydrogen-bond donors (Lipinski definition) is 1. The van der Waals surface area contributed by atoms with Gasteiger partial charge < -0.3 is 9.88 Å². The van der Waals surface area contributed by atoms with Crippen LogP contribution in [0.25, 0.3) is 0 Å². The van der Waals surface area contributed by atoms with Gasteiger partial charge in [-0.2, -0.15) is 0 Å². The first-order chi connectivity index (χ1) is 9.08. The van der Waals surface area contributed by atoms with E-state index in [1.807, 2.05) is 14.0 Å². The molecule has 1 atom stereocenters. The largest absolute Gasteiger partial charge is 0.345 e. The second-order valence-electron chi connectivity index (χ2n) is 5.55. The minimum absolute atomic E-state index is 0.0311. The summed E-state index contributed by atoms with van der Waals surface area (Å²) in [4.78, 5) is 23.9. The second-order valence-corrected chi connectivity index (χ2v) is 5.55. The van der Waals surface area contributed by atoms with Gasteiger partial charge >= 0.3 is 0 Å². The van der Waals surface area contributed by atoms with Gasteiger partial charge in [0.2, 0.25) is 5.91 Å². The third-order valence-corrected chi connectivity index (χ3v) is 3.82. The van der Waals surface area contributed by atoms with Crippen LogP contribution in [0.5, 0.6) is 0 Å². The molecule has 2 heterocycles. The first-order valence-corrected chi connectivity index (χ1v) is 7.03. The molecule has 1 amide bonds. The lowest BCUT2D eigenvalue weighted by Gasteiger charge is -2.28. The van der Waals surface area contributed by atoms with Gasteiger partial charge in [-0.1, -0.05) is 12.8 Å². The minimum atomic E-state index is 0.0311. The summed E-state index contributed by atoms with van der Waals surface area (Å²) >= 11 is 0. The van der Waals surface area contributed by atoms with Crippen LogP contribution in [0.3, 0.4) is 0 Å². The number of likely N-dealkylation sites (N-methyl/N-ethyl adjacent to an activating group) is 2. The van der Waals surface area contributed by atoms with Crippen molar-refractivity contribution in [2.45, 2.75) is 45.2 Å². The maximum atomic E-state index is 12.5. The Hall–Kier alpha value is -1.36. The van der Waals surface area contributed by atoms with E-state index in [-0.39, 0.29) is 11.9 Å². The molecule has 1 N–H and O–H groups in total. The number of H-pyrrole nitrogens is 1. The van der Waals surface area contributed by atoms with Crippen LogP contribution in [0.1, 0.15) is 37.2 Å². The molecule has 1 saturated heterocycles. The van der Waals surface area contributed by atoms with E-state index in [1.54, 1.807) is 11.1 Å². The number of likely N-dealkylation sites (tertiary alicyclic amines) is 1. The van der Waals surface area contributed by atoms with Crippen LogP contribution in [0.2, 0.25) is 0 Å². The van der Waals surface area contributed by atoms with Gasteiger partial charge in [-0.15, -0.1) is 0 Å². The SMILES string of the molecule is Cc1cnc(CN(C)C(=O)[C@@H]2CCCCCN2C)[nH]1. The Balaban J connectivity index is 1.97. The number of hydrogen-bond acceptors (Lipinski definition) is 3. The number of aryl methyl sites for hydroxylation is 1. The van der Waals surface area contributed by atoms with Gasteiger partial charge in [0.15, 0.2) is 0 Å². The summed E-state index contributed by atoms with van der Waals surface area (Å²) in [6, 6.07) is 0.0311. The van der Waals surface area contributed by atoms with E-state index in [0.717, 1.165) is 30.9 Å². The van der Waals surface area contributed by atoms with E-state index in [4.69, 9.17) is 0 Å². The van der Waals surface area contributed by atoms with Crippen LogP contribution in [0.4, 0.5) is 0 Å². The zero-order chi connectivity index (χ0) is 13.8. The number of aromatic amines is 1. The predicted molar refractivity (Wildman–Crippen MR) is 74.7 cm³/mol. The van der Waals surface area contributed by atoms with Crippen molar-refractivity contribution in [1.29, 1.82) is 0 Å². The Morgan fingerprint density at radius 3 is 3.00 bits per heavy atom. The monoisotopic (exact) mass is 264 g/mol. The zero-order valence-electron chi connectivity index (χ0n) is 12.1. The zero-order valence-corrected chi connectivity index (χ0v) is 12.1. The van der Waals surface area contributed by atoms with Crippen LogP contribution in [0, 0.1) is 6.92 Å². The van der Waals surface area contributed by atoms with E-state index in [1.165, 1.54) is 12.8 Å². The molecule has 0 radical (unpaired) electrons. The molecule has 5 nitrogen and oxygen atoms in total. The van der Waals surface area contributed by atoms with Crippen molar-refractivity contribution in [3.63, 3.8) is 0 Å². The van der Waals surface area contributed by atoms with Crippen LogP contribution in [-0.2, 0) is 11.3 Å². The van der Waals surface area contributed by atoms with Gasteiger partial charge in [0.05, 0.1) is 12.6 Å². The van der Waals surface area contributed by atoms with E-state index in [2.05, 4.69) is 21.9 Å². The van der Waals surface area contributed by atoms with Crippen LogP contribution in [-0.4, -0.2) is 52.4 Å². The summed E-state index contributed by atoms with van der Waals surface area (Å²) in [7, 11) is 3.91. The molecular weight excluding hydrogens is 240 g/mol. The van der Waals surface area contributed by atoms with Gasteiger partial charge in [-0.05, 0) is 33.4 Å². The third-order valence-electron chi connectivity index (χ3n) is 3.82. The lowest BCUT2D eigenvalue weighted by molar-refractivity contribution is -0.135. The molecule has 1 aromatic heterocycles. The molecule has 1 aromatic rings. The van der Waals surface area contributed by atoms with Gasteiger partial charge in [0.1, 0.15) is 5.82 Å². The molecule has 5 heteroatoms. The Kier molecular flexibility index (Phi) is 4.58. The summed E-state index contributed by atoms with van der Waals surface area (Å²) in [5.74, 6) is 1.06. The Morgan fingerprint density at radius 2 is 2.32 bits per heavy atom. The van der Waals surface area contributed by atoms with Crippen molar-refractivity contribution in [2.24, 2.45) is 0 Å². The first-order valence-electron chi connectivity index (χ1n) is 7.03. The van der Waals surface area contributed by atoms with Crippen LogP contribution >= 0.6 is 0 Å². The predicted octanol–water partition coefficient (Wildman–Crippen LogP) is 1.55. The van der Waals surface area contributed by atoms with E-state index < -0.39 is 0 Å². The molecule has 0 unspecified atom stereocenters. The van der Waals surface area contributed by atoms with Crippen LogP contribution in [0.15, 0.2) is 6.20 Å². The number of aromatic nitrogens is 2. The van der Waals surface area contributed by atoms with E-state index >= 15 is 0 Å². The van der Waals surface area contributed by atoms with Crippen molar-refractivity contribution >= 4 is 5.91 Å². The maximum Gasteiger partial charge on any atom is 0.240 e. The average molecular weight is 264 g/mol. The molecule has 2 rings (SSSR count). The maximum absolute atomic E-state index is 12.5. The van der Waals surface area contributed by atoms with Crippen LogP contribution < -0.4 is 0 Å². The fraction of sp³-hybridized carbons (Fsp3) is 0.714. The lowest BCUT2D eigenvalue weighted by Crippen LogP contribution is -2.45. The normalized spacial score (nSPS) is 21.1. The number of rotatable bonds is 3. The molecule has 0 aromatic carbocycles. The van der Waals surface area contributed by atoms with Crippen molar-refractivity contribution in [3.8, 4) is 0 Å². The highest BCUT2D eigenvalue weighted by atomic mass is 16.2. The molecule has 0 bridgehead atoms.